The van der Waals surface area contributed by atoms with E-state index in [4.69, 9.17) is 4.55 Å². The monoisotopic (exact) mass is 235 g/mol. The van der Waals surface area contributed by atoms with E-state index in [1.807, 2.05) is 0 Å². The van der Waals surface area contributed by atoms with E-state index in [9.17, 15) is 8.42 Å². The molecule has 0 radical (unpaired) electrons. The molecule has 1 aliphatic carbocycles. The van der Waals surface area contributed by atoms with Crippen LogP contribution in [0.3, 0.4) is 0 Å². The van der Waals surface area contributed by atoms with Crippen molar-refractivity contribution in [3.8, 4) is 0 Å². The van der Waals surface area contributed by atoms with Crippen molar-refractivity contribution < 1.29 is 13.0 Å². The van der Waals surface area contributed by atoms with Crippen molar-refractivity contribution in [2.24, 2.45) is 5.92 Å². The molecule has 0 aliphatic heterocycles. The highest BCUT2D eigenvalue weighted by Crippen LogP contribution is 2.22. The van der Waals surface area contributed by atoms with Gasteiger partial charge in [0.2, 0.25) is 0 Å². The maximum Gasteiger partial charge on any atom is 0.264 e. The van der Waals surface area contributed by atoms with Gasteiger partial charge in [0.1, 0.15) is 0 Å². The van der Waals surface area contributed by atoms with E-state index in [2.05, 4.69) is 5.32 Å². The van der Waals surface area contributed by atoms with Gasteiger partial charge in [-0.05, 0) is 38.3 Å². The lowest BCUT2D eigenvalue weighted by Gasteiger charge is -2.21. The molecule has 15 heavy (non-hydrogen) atoms. The summed E-state index contributed by atoms with van der Waals surface area (Å²) in [4.78, 5) is 0. The zero-order valence-corrected chi connectivity index (χ0v) is 9.93. The summed E-state index contributed by atoms with van der Waals surface area (Å²) in [6.45, 7) is 1.67. The summed E-state index contributed by atoms with van der Waals surface area (Å²) in [6.07, 6.45) is 7.11. The molecule has 1 saturated carbocycles. The quantitative estimate of drug-likeness (QED) is 0.540. The Morgan fingerprint density at radius 3 is 2.47 bits per heavy atom. The fraction of sp³-hybridized carbons (Fsp3) is 1.00. The first kappa shape index (κ1) is 12.9. The summed E-state index contributed by atoms with van der Waals surface area (Å²) in [5.74, 6) is 0.634. The SMILES string of the molecule is O=S(=O)(O)CCCNCC1CCCCC1. The van der Waals surface area contributed by atoms with Crippen molar-refractivity contribution >= 4 is 10.1 Å². The molecule has 1 aliphatic rings. The maximum absolute atomic E-state index is 10.4. The molecule has 0 aromatic rings. The highest BCUT2D eigenvalue weighted by molar-refractivity contribution is 7.85. The van der Waals surface area contributed by atoms with Crippen molar-refractivity contribution in [2.75, 3.05) is 18.8 Å². The van der Waals surface area contributed by atoms with Crippen molar-refractivity contribution in [3.05, 3.63) is 0 Å². The molecule has 0 heterocycles. The molecule has 90 valence electrons. The minimum atomic E-state index is -3.77. The van der Waals surface area contributed by atoms with Crippen LogP contribution >= 0.6 is 0 Å². The Kier molecular flexibility index (Phi) is 5.56. The van der Waals surface area contributed by atoms with Crippen molar-refractivity contribution in [3.63, 3.8) is 0 Å². The molecule has 1 fully saturated rings. The molecule has 0 spiro atoms. The third-order valence-corrected chi connectivity index (χ3v) is 3.72. The van der Waals surface area contributed by atoms with E-state index in [0.29, 0.717) is 13.0 Å². The van der Waals surface area contributed by atoms with Crippen LogP contribution < -0.4 is 5.32 Å². The Bertz CT molecular complexity index is 258. The molecule has 0 bridgehead atoms. The molecule has 5 heteroatoms. The van der Waals surface area contributed by atoms with Crippen molar-refractivity contribution in [1.29, 1.82) is 0 Å². The molecule has 4 nitrogen and oxygen atoms in total. The van der Waals surface area contributed by atoms with Crippen LogP contribution in [0.25, 0.3) is 0 Å². The zero-order chi connectivity index (χ0) is 11.1. The summed E-state index contributed by atoms with van der Waals surface area (Å²) in [5, 5.41) is 3.25. The molecular weight excluding hydrogens is 214 g/mol. The lowest BCUT2D eigenvalue weighted by Crippen LogP contribution is -2.26. The third kappa shape index (κ3) is 6.87. The van der Waals surface area contributed by atoms with Gasteiger partial charge >= 0.3 is 0 Å². The first-order chi connectivity index (χ1) is 7.08. The second-order valence-electron chi connectivity index (χ2n) is 4.35. The number of rotatable bonds is 6. The van der Waals surface area contributed by atoms with Gasteiger partial charge in [0.05, 0.1) is 5.75 Å². The highest BCUT2D eigenvalue weighted by Gasteiger charge is 2.12. The van der Waals surface area contributed by atoms with Crippen molar-refractivity contribution in [1.82, 2.24) is 5.32 Å². The van der Waals surface area contributed by atoms with Crippen LogP contribution in [-0.4, -0.2) is 31.8 Å². The van der Waals surface area contributed by atoms with E-state index in [1.165, 1.54) is 32.1 Å². The molecular formula is C10H21NO3S. The van der Waals surface area contributed by atoms with E-state index in [-0.39, 0.29) is 5.75 Å². The van der Waals surface area contributed by atoms with Gasteiger partial charge in [0.25, 0.3) is 10.1 Å². The molecule has 0 aromatic heterocycles. The fourth-order valence-corrected chi connectivity index (χ4v) is 2.59. The van der Waals surface area contributed by atoms with Gasteiger partial charge in [-0.25, -0.2) is 0 Å². The van der Waals surface area contributed by atoms with E-state index in [0.717, 1.165) is 12.5 Å². The molecule has 0 atom stereocenters. The first-order valence-corrected chi connectivity index (χ1v) is 7.35. The highest BCUT2D eigenvalue weighted by atomic mass is 32.2. The molecule has 0 amide bonds. The largest absolute Gasteiger partial charge is 0.316 e. The summed E-state index contributed by atoms with van der Waals surface area (Å²) in [7, 11) is -3.77. The second kappa shape index (κ2) is 6.45. The van der Waals surface area contributed by atoms with Crippen LogP contribution in [0.2, 0.25) is 0 Å². The normalized spacial score (nSPS) is 19.3. The van der Waals surface area contributed by atoms with Crippen LogP contribution in [-0.2, 0) is 10.1 Å². The summed E-state index contributed by atoms with van der Waals surface area (Å²) < 4.78 is 29.4. The standard InChI is InChI=1S/C10H21NO3S/c12-15(13,14)8-4-7-11-9-10-5-2-1-3-6-10/h10-11H,1-9H2,(H,12,13,14). The molecule has 0 saturated heterocycles. The predicted molar refractivity (Wildman–Crippen MR) is 60.5 cm³/mol. The van der Waals surface area contributed by atoms with E-state index < -0.39 is 10.1 Å². The second-order valence-corrected chi connectivity index (χ2v) is 5.92. The average molecular weight is 235 g/mol. The number of hydrogen-bond donors (Lipinski definition) is 2. The lowest BCUT2D eigenvalue weighted by atomic mass is 9.89. The van der Waals surface area contributed by atoms with Gasteiger partial charge in [-0.1, -0.05) is 19.3 Å². The van der Waals surface area contributed by atoms with Crippen molar-refractivity contribution in [2.45, 2.75) is 38.5 Å². The number of nitrogens with one attached hydrogen (secondary N) is 1. The Hall–Kier alpha value is -0.130. The topological polar surface area (TPSA) is 66.4 Å². The van der Waals surface area contributed by atoms with Gasteiger partial charge in [0, 0.05) is 0 Å². The van der Waals surface area contributed by atoms with Crippen LogP contribution in [0.4, 0.5) is 0 Å². The van der Waals surface area contributed by atoms with Gasteiger partial charge in [0.15, 0.2) is 0 Å². The molecule has 0 unspecified atom stereocenters. The summed E-state index contributed by atoms with van der Waals surface area (Å²) >= 11 is 0. The first-order valence-electron chi connectivity index (χ1n) is 5.74. The third-order valence-electron chi connectivity index (χ3n) is 2.91. The maximum atomic E-state index is 10.4. The lowest BCUT2D eigenvalue weighted by molar-refractivity contribution is 0.343. The average Bonchev–Trinajstić information content (AvgIpc) is 2.17. The van der Waals surface area contributed by atoms with Crippen LogP contribution in [0.15, 0.2) is 0 Å². The summed E-state index contributed by atoms with van der Waals surface area (Å²) in [6, 6.07) is 0. The number of hydrogen-bond acceptors (Lipinski definition) is 3. The minimum Gasteiger partial charge on any atom is -0.316 e. The Morgan fingerprint density at radius 1 is 1.20 bits per heavy atom. The Morgan fingerprint density at radius 2 is 1.87 bits per heavy atom. The van der Waals surface area contributed by atoms with E-state index in [1.54, 1.807) is 0 Å². The minimum absolute atomic E-state index is 0.134. The molecule has 0 aromatic carbocycles. The predicted octanol–water partition coefficient (Wildman–Crippen LogP) is 1.43. The molecule has 2 N–H and O–H groups in total. The van der Waals surface area contributed by atoms with E-state index >= 15 is 0 Å². The van der Waals surface area contributed by atoms with Gasteiger partial charge < -0.3 is 5.32 Å². The smallest absolute Gasteiger partial charge is 0.264 e. The fourth-order valence-electron chi connectivity index (χ4n) is 2.08. The van der Waals surface area contributed by atoms with Gasteiger partial charge in [-0.2, -0.15) is 8.42 Å². The van der Waals surface area contributed by atoms with Crippen LogP contribution in [0.5, 0.6) is 0 Å². The zero-order valence-electron chi connectivity index (χ0n) is 9.11. The summed E-state index contributed by atoms with van der Waals surface area (Å²) in [5.41, 5.74) is 0. The molecule has 1 rings (SSSR count). The Balaban J connectivity index is 1.96. The van der Waals surface area contributed by atoms with Gasteiger partial charge in [-0.3, -0.25) is 4.55 Å². The van der Waals surface area contributed by atoms with Gasteiger partial charge in [-0.15, -0.1) is 0 Å². The Labute approximate surface area is 92.2 Å². The van der Waals surface area contributed by atoms with Crippen LogP contribution in [0.1, 0.15) is 38.5 Å². The van der Waals surface area contributed by atoms with Crippen LogP contribution in [0, 0.1) is 5.92 Å².